The van der Waals surface area contributed by atoms with Crippen molar-refractivity contribution in [2.45, 2.75) is 43.7 Å². The Morgan fingerprint density at radius 1 is 1.19 bits per heavy atom. The van der Waals surface area contributed by atoms with Crippen LogP contribution in [0, 0.1) is 0 Å². The Labute approximate surface area is 201 Å². The van der Waals surface area contributed by atoms with Crippen LogP contribution in [0.4, 0.5) is 0 Å². The van der Waals surface area contributed by atoms with Crippen molar-refractivity contribution in [3.05, 3.63) is 54.0 Å². The van der Waals surface area contributed by atoms with E-state index in [4.69, 9.17) is 9.15 Å². The predicted octanol–water partition coefficient (Wildman–Crippen LogP) is 2.65. The molecule has 31 heavy (non-hydrogen) atoms. The minimum atomic E-state index is -3.54. The highest BCUT2D eigenvalue weighted by atomic mass is 127. The summed E-state index contributed by atoms with van der Waals surface area (Å²) < 4.78 is 38.3. The average molecular weight is 562 g/mol. The van der Waals surface area contributed by atoms with E-state index >= 15 is 0 Å². The lowest BCUT2D eigenvalue weighted by Gasteiger charge is -2.12. The Morgan fingerprint density at radius 3 is 2.65 bits per heavy atom. The molecule has 0 bridgehead atoms. The molecule has 1 atom stereocenters. The number of guanidine groups is 1. The molecule has 1 aromatic carbocycles. The van der Waals surface area contributed by atoms with Crippen molar-refractivity contribution in [1.82, 2.24) is 15.4 Å². The Hall–Kier alpha value is -1.63. The summed E-state index contributed by atoms with van der Waals surface area (Å²) in [6.07, 6.45) is 4.27. The fourth-order valence-electron chi connectivity index (χ4n) is 3.14. The fraction of sp³-hybridized carbons (Fsp3) is 0.476. The van der Waals surface area contributed by atoms with Gasteiger partial charge in [-0.15, -0.1) is 24.0 Å². The molecular weight excluding hydrogens is 531 g/mol. The largest absolute Gasteiger partial charge is 0.469 e. The van der Waals surface area contributed by atoms with E-state index in [-0.39, 0.29) is 35.0 Å². The Balaban J connectivity index is 0.00000341. The van der Waals surface area contributed by atoms with Crippen LogP contribution in [0.15, 0.2) is 57.0 Å². The molecule has 0 amide bonds. The SMILES string of the molecule is CCNC(=NCc1ccc(S(=O)(=O)NCC2CCCO2)cc1)NCCc1ccco1.I. The van der Waals surface area contributed by atoms with E-state index < -0.39 is 10.0 Å². The highest BCUT2D eigenvalue weighted by Crippen LogP contribution is 2.14. The first-order chi connectivity index (χ1) is 14.6. The van der Waals surface area contributed by atoms with Gasteiger partial charge >= 0.3 is 0 Å². The molecule has 1 aliphatic heterocycles. The van der Waals surface area contributed by atoms with Gasteiger partial charge in [-0.25, -0.2) is 18.1 Å². The van der Waals surface area contributed by atoms with Crippen LogP contribution < -0.4 is 15.4 Å². The molecule has 3 N–H and O–H groups in total. The van der Waals surface area contributed by atoms with E-state index in [1.807, 2.05) is 19.1 Å². The summed E-state index contributed by atoms with van der Waals surface area (Å²) in [5.74, 6) is 1.63. The number of hydrogen-bond donors (Lipinski definition) is 3. The van der Waals surface area contributed by atoms with Crippen molar-refractivity contribution in [1.29, 1.82) is 0 Å². The quantitative estimate of drug-likeness (QED) is 0.234. The maximum atomic E-state index is 12.4. The molecule has 2 aromatic rings. The maximum absolute atomic E-state index is 12.4. The highest BCUT2D eigenvalue weighted by molar-refractivity contribution is 14.0. The molecular formula is C21H31IN4O4S. The first-order valence-corrected chi connectivity index (χ1v) is 11.8. The monoisotopic (exact) mass is 562 g/mol. The zero-order valence-electron chi connectivity index (χ0n) is 17.7. The molecule has 1 fully saturated rings. The van der Waals surface area contributed by atoms with E-state index in [1.54, 1.807) is 30.5 Å². The molecule has 3 rings (SSSR count). The Kier molecular flexibility index (Phi) is 10.8. The minimum Gasteiger partial charge on any atom is -0.469 e. The van der Waals surface area contributed by atoms with Crippen LogP contribution in [0.25, 0.3) is 0 Å². The molecule has 0 aliphatic carbocycles. The summed E-state index contributed by atoms with van der Waals surface area (Å²) in [5.41, 5.74) is 0.927. The van der Waals surface area contributed by atoms with Crippen LogP contribution in [0.2, 0.25) is 0 Å². The lowest BCUT2D eigenvalue weighted by Crippen LogP contribution is -2.38. The molecule has 0 saturated carbocycles. The van der Waals surface area contributed by atoms with E-state index in [9.17, 15) is 8.42 Å². The number of furan rings is 1. The molecule has 8 nitrogen and oxygen atoms in total. The number of rotatable bonds is 10. The second kappa shape index (κ2) is 13.0. The Bertz CT molecular complexity index is 896. The second-order valence-electron chi connectivity index (χ2n) is 7.08. The predicted molar refractivity (Wildman–Crippen MR) is 131 cm³/mol. The molecule has 172 valence electrons. The van der Waals surface area contributed by atoms with Crippen LogP contribution in [0.5, 0.6) is 0 Å². The lowest BCUT2D eigenvalue weighted by atomic mass is 10.2. The van der Waals surface area contributed by atoms with Crippen LogP contribution in [-0.2, 0) is 27.7 Å². The summed E-state index contributed by atoms with van der Waals surface area (Å²) in [7, 11) is -3.54. The van der Waals surface area contributed by atoms with Crippen molar-refractivity contribution in [3.63, 3.8) is 0 Å². The fourth-order valence-corrected chi connectivity index (χ4v) is 4.20. The molecule has 1 aliphatic rings. The lowest BCUT2D eigenvalue weighted by molar-refractivity contribution is 0.114. The molecule has 10 heteroatoms. The smallest absolute Gasteiger partial charge is 0.240 e. The summed E-state index contributed by atoms with van der Waals surface area (Å²) in [6, 6.07) is 10.6. The van der Waals surface area contributed by atoms with Gasteiger partial charge < -0.3 is 19.8 Å². The van der Waals surface area contributed by atoms with E-state index in [2.05, 4.69) is 20.3 Å². The van der Waals surface area contributed by atoms with Gasteiger partial charge in [-0.2, -0.15) is 0 Å². The molecule has 1 aromatic heterocycles. The Morgan fingerprint density at radius 2 is 2.00 bits per heavy atom. The maximum Gasteiger partial charge on any atom is 0.240 e. The van der Waals surface area contributed by atoms with Gasteiger partial charge in [-0.3, -0.25) is 0 Å². The van der Waals surface area contributed by atoms with Crippen LogP contribution >= 0.6 is 24.0 Å². The van der Waals surface area contributed by atoms with Crippen molar-refractivity contribution in [3.8, 4) is 0 Å². The van der Waals surface area contributed by atoms with Crippen molar-refractivity contribution < 1.29 is 17.6 Å². The van der Waals surface area contributed by atoms with Gasteiger partial charge in [0, 0.05) is 32.7 Å². The number of ether oxygens (including phenoxy) is 1. The molecule has 2 heterocycles. The summed E-state index contributed by atoms with van der Waals surface area (Å²) >= 11 is 0. The molecule has 0 radical (unpaired) electrons. The minimum absolute atomic E-state index is 0. The summed E-state index contributed by atoms with van der Waals surface area (Å²) in [4.78, 5) is 4.81. The van der Waals surface area contributed by atoms with Gasteiger partial charge in [-0.1, -0.05) is 12.1 Å². The number of sulfonamides is 1. The van der Waals surface area contributed by atoms with Crippen LogP contribution in [0.1, 0.15) is 31.1 Å². The van der Waals surface area contributed by atoms with Crippen LogP contribution in [-0.4, -0.2) is 46.7 Å². The van der Waals surface area contributed by atoms with Crippen molar-refractivity contribution in [2.24, 2.45) is 4.99 Å². The first-order valence-electron chi connectivity index (χ1n) is 10.3. The van der Waals surface area contributed by atoms with E-state index in [0.29, 0.717) is 32.2 Å². The van der Waals surface area contributed by atoms with Crippen LogP contribution in [0.3, 0.4) is 0 Å². The zero-order chi connectivity index (χ0) is 21.2. The molecule has 1 unspecified atom stereocenters. The highest BCUT2D eigenvalue weighted by Gasteiger charge is 2.20. The number of halogens is 1. The molecule has 1 saturated heterocycles. The normalized spacial score (nSPS) is 16.7. The number of hydrogen-bond acceptors (Lipinski definition) is 5. The van der Waals surface area contributed by atoms with Gasteiger partial charge in [0.2, 0.25) is 10.0 Å². The average Bonchev–Trinajstić information content (AvgIpc) is 3.45. The number of nitrogens with zero attached hydrogens (tertiary/aromatic N) is 1. The van der Waals surface area contributed by atoms with Gasteiger partial charge in [0.15, 0.2) is 5.96 Å². The number of benzene rings is 1. The van der Waals surface area contributed by atoms with Gasteiger partial charge in [0.25, 0.3) is 0 Å². The number of nitrogens with one attached hydrogen (secondary N) is 3. The topological polar surface area (TPSA) is 105 Å². The van der Waals surface area contributed by atoms with Gasteiger partial charge in [0.1, 0.15) is 5.76 Å². The third-order valence-corrected chi connectivity index (χ3v) is 6.21. The first kappa shape index (κ1) is 25.6. The summed E-state index contributed by atoms with van der Waals surface area (Å²) in [6.45, 7) is 4.91. The van der Waals surface area contributed by atoms with Gasteiger partial charge in [-0.05, 0) is 49.6 Å². The third-order valence-electron chi connectivity index (χ3n) is 4.77. The van der Waals surface area contributed by atoms with E-state index in [1.165, 1.54) is 0 Å². The standard InChI is InChI=1S/C21H30N4O4S.HI/c1-2-22-21(23-12-11-18-5-3-13-28-18)24-15-17-7-9-20(10-8-17)30(26,27)25-16-19-6-4-14-29-19;/h3,5,7-10,13,19,25H,2,4,6,11-12,14-16H2,1H3,(H2,22,23,24);1H. The summed E-state index contributed by atoms with van der Waals surface area (Å²) in [5, 5.41) is 6.47. The van der Waals surface area contributed by atoms with E-state index in [0.717, 1.165) is 37.1 Å². The second-order valence-corrected chi connectivity index (χ2v) is 8.85. The van der Waals surface area contributed by atoms with Crippen molar-refractivity contribution >= 4 is 40.0 Å². The number of aliphatic imine (C=N–C) groups is 1. The molecule has 0 spiro atoms. The van der Waals surface area contributed by atoms with Crippen molar-refractivity contribution in [2.75, 3.05) is 26.2 Å². The van der Waals surface area contributed by atoms with Gasteiger partial charge in [0.05, 0.1) is 23.8 Å². The zero-order valence-corrected chi connectivity index (χ0v) is 20.8. The third kappa shape index (κ3) is 8.43.